The molecule has 5 unspecified atom stereocenters. The summed E-state index contributed by atoms with van der Waals surface area (Å²) in [4.78, 5) is 110. The van der Waals surface area contributed by atoms with Crippen molar-refractivity contribution >= 4 is 59.3 Å². The molecule has 0 heterocycles. The molecule has 0 bridgehead atoms. The van der Waals surface area contributed by atoms with Gasteiger partial charge in [-0.15, -0.1) is 0 Å². The van der Waals surface area contributed by atoms with Gasteiger partial charge in [-0.05, 0) is 118 Å². The van der Waals surface area contributed by atoms with E-state index >= 15 is 0 Å². The lowest BCUT2D eigenvalue weighted by atomic mass is 9.92. The maximum atomic E-state index is 11.4. The van der Waals surface area contributed by atoms with Crippen molar-refractivity contribution in [3.05, 3.63) is 0 Å². The maximum Gasteiger partial charge on any atom is 0.347 e. The Kier molecular flexibility index (Phi) is 28.0. The first-order chi connectivity index (χ1) is 28.2. The van der Waals surface area contributed by atoms with Crippen molar-refractivity contribution in [1.29, 1.82) is 0 Å². The maximum absolute atomic E-state index is 11.4. The number of carbonyl (C=O) groups is 10. The Balaban J connectivity index is -0.000000376. The summed E-state index contributed by atoms with van der Waals surface area (Å²) >= 11 is 0. The molecule has 64 heavy (non-hydrogen) atoms. The molecular weight excluding hydrogens is 852 g/mol. The number of aliphatic hydroxyl groups is 1. The fraction of sp³-hybridized carbons (Fsp3) is 0.767. The van der Waals surface area contributed by atoms with E-state index in [0.717, 1.165) is 0 Å². The third-order valence-corrected chi connectivity index (χ3v) is 6.79. The van der Waals surface area contributed by atoms with Gasteiger partial charge < -0.3 is 54.0 Å². The minimum atomic E-state index is -2.64. The lowest BCUT2D eigenvalue weighted by Gasteiger charge is -2.34. The number of carboxylic acids is 4. The van der Waals surface area contributed by atoms with Crippen LogP contribution in [0.2, 0.25) is 0 Å². The number of rotatable bonds is 18. The van der Waals surface area contributed by atoms with Gasteiger partial charge in [-0.3, -0.25) is 28.8 Å². The van der Waals surface area contributed by atoms with E-state index in [4.69, 9.17) is 48.8 Å². The van der Waals surface area contributed by atoms with Gasteiger partial charge in [-0.25, -0.2) is 19.2 Å². The number of carboxylic acid groups (broad SMARTS) is 4. The van der Waals surface area contributed by atoms with Crippen molar-refractivity contribution in [2.75, 3.05) is 0 Å². The largest absolute Gasteiger partial charge is 0.481 e. The summed E-state index contributed by atoms with van der Waals surface area (Å²) in [5.41, 5.74) is -7.30. The zero-order valence-corrected chi connectivity index (χ0v) is 40.9. The van der Waals surface area contributed by atoms with Crippen molar-refractivity contribution in [1.82, 2.24) is 0 Å². The Labute approximate surface area is 375 Å². The second-order valence-corrected chi connectivity index (χ2v) is 19.0. The second kappa shape index (κ2) is 27.3. The number of esters is 4. The lowest BCUT2D eigenvalue weighted by Crippen LogP contribution is -2.49. The molecular formula is C43H74O21. The quantitative estimate of drug-likeness (QED) is 0.0917. The molecule has 0 aromatic heterocycles. The molecule has 0 aliphatic carbocycles. The molecule has 0 spiro atoms. The monoisotopic (exact) mass is 926 g/mol. The van der Waals surface area contributed by atoms with Gasteiger partial charge in [0.15, 0.2) is 35.3 Å². The molecule has 0 saturated heterocycles. The molecule has 0 rings (SSSR count). The molecule has 21 nitrogen and oxygen atoms in total. The first-order valence-electron chi connectivity index (χ1n) is 20.1. The van der Waals surface area contributed by atoms with Crippen LogP contribution in [-0.2, 0) is 76.4 Å². The molecule has 0 aromatic rings. The molecule has 0 fully saturated rings. The summed E-state index contributed by atoms with van der Waals surface area (Å²) < 4.78 is 30.4. The molecule has 372 valence electrons. The van der Waals surface area contributed by atoms with Crippen LogP contribution in [0.15, 0.2) is 0 Å². The van der Waals surface area contributed by atoms with E-state index in [0.29, 0.717) is 0 Å². The van der Waals surface area contributed by atoms with E-state index < -0.39 is 131 Å². The van der Waals surface area contributed by atoms with Crippen molar-refractivity contribution in [3.63, 3.8) is 0 Å². The normalized spacial score (nSPS) is 14.8. The highest BCUT2D eigenvalue weighted by atomic mass is 16.6. The minimum Gasteiger partial charge on any atom is -0.481 e. The Morgan fingerprint density at radius 1 is 0.469 bits per heavy atom. The standard InChI is InChI=1S/C11H18O6.2C11H20O4.C10H16O7/c1-7(12)5-11(9(15)16,6-8(13)14)17-10(2,3)4;1-7(12)8(2)14-10(13)9(3)15-11(4,5)6;1-7(2)9(12)14-8(3)10(13)15-11(4,5)6;1-9(2,3)17-7(13)5-10(16,8(14)15)4-6(11)12/h5-6H2,1-4H3,(H,13,14)(H,15,16);8-9H,1-6H3;7-8H,1-6H3;16H,4-5H2,1-3H3,(H,11,12)(H,14,15). The third-order valence-electron chi connectivity index (χ3n) is 6.79. The van der Waals surface area contributed by atoms with Crippen molar-refractivity contribution in [3.8, 4) is 0 Å². The number of hydrogen-bond donors (Lipinski definition) is 5. The average molecular weight is 927 g/mol. The van der Waals surface area contributed by atoms with E-state index in [1.165, 1.54) is 20.8 Å². The highest BCUT2D eigenvalue weighted by Crippen LogP contribution is 2.28. The number of hydrogen-bond acceptors (Lipinski definition) is 17. The van der Waals surface area contributed by atoms with Crippen LogP contribution in [0.4, 0.5) is 0 Å². The molecule has 0 aliphatic rings. The average Bonchev–Trinajstić information content (AvgIpc) is 3.00. The molecule has 0 aliphatic heterocycles. The molecule has 0 amide bonds. The predicted molar refractivity (Wildman–Crippen MR) is 227 cm³/mol. The Bertz CT molecular complexity index is 1580. The number of ketones is 2. The molecule has 0 radical (unpaired) electrons. The van der Waals surface area contributed by atoms with Crippen molar-refractivity contribution < 1.29 is 102 Å². The fourth-order valence-corrected chi connectivity index (χ4v) is 4.32. The second-order valence-electron chi connectivity index (χ2n) is 19.0. The molecule has 5 N–H and O–H groups in total. The van der Waals surface area contributed by atoms with E-state index in [1.807, 2.05) is 20.8 Å². The van der Waals surface area contributed by atoms with E-state index in [-0.39, 0.29) is 11.7 Å². The van der Waals surface area contributed by atoms with Crippen LogP contribution >= 0.6 is 0 Å². The summed E-state index contributed by atoms with van der Waals surface area (Å²) in [7, 11) is 0. The molecule has 0 aromatic carbocycles. The van der Waals surface area contributed by atoms with E-state index in [9.17, 15) is 53.1 Å². The smallest absolute Gasteiger partial charge is 0.347 e. The highest BCUT2D eigenvalue weighted by Gasteiger charge is 2.46. The number of carbonyl (C=O) groups excluding carboxylic acids is 6. The van der Waals surface area contributed by atoms with Crippen LogP contribution in [0.1, 0.15) is 157 Å². The molecule has 21 heteroatoms. The summed E-state index contributed by atoms with van der Waals surface area (Å²) in [5.74, 6) is -9.28. The SMILES string of the molecule is CC(=O)C(C)OC(=O)C(C)OC(C)(C)C.CC(=O)CC(CC(=O)O)(OC(C)(C)C)C(=O)O.CC(C)(C)OC(=O)CC(O)(CC(=O)O)C(=O)O.CC(C)C(=O)OC(C)C(=O)OC(C)(C)C. The zero-order chi connectivity index (χ0) is 52.2. The number of aliphatic carboxylic acids is 4. The molecule has 0 saturated carbocycles. The topological polar surface area (TPSA) is 327 Å². The number of ether oxygens (including phenoxy) is 6. The van der Waals surface area contributed by atoms with Gasteiger partial charge in [0, 0.05) is 6.42 Å². The van der Waals surface area contributed by atoms with Gasteiger partial charge in [0.2, 0.25) is 0 Å². The summed E-state index contributed by atoms with van der Waals surface area (Å²) in [5, 5.41) is 44.6. The molecule has 5 atom stereocenters. The van der Waals surface area contributed by atoms with Gasteiger partial charge in [-0.2, -0.15) is 0 Å². The van der Waals surface area contributed by atoms with Crippen molar-refractivity contribution in [2.24, 2.45) is 5.92 Å². The van der Waals surface area contributed by atoms with Crippen molar-refractivity contribution in [2.45, 2.75) is 209 Å². The van der Waals surface area contributed by atoms with Gasteiger partial charge in [-0.1, -0.05) is 13.8 Å². The first-order valence-corrected chi connectivity index (χ1v) is 20.1. The summed E-state index contributed by atoms with van der Waals surface area (Å²) in [6, 6.07) is 0. The third kappa shape index (κ3) is 34.5. The van der Waals surface area contributed by atoms with E-state index in [1.54, 1.807) is 90.0 Å². The fourth-order valence-electron chi connectivity index (χ4n) is 4.32. The highest BCUT2D eigenvalue weighted by molar-refractivity contribution is 5.91. The van der Waals surface area contributed by atoms with Gasteiger partial charge >= 0.3 is 47.8 Å². The van der Waals surface area contributed by atoms with Gasteiger partial charge in [0.05, 0.1) is 36.4 Å². The zero-order valence-electron chi connectivity index (χ0n) is 40.9. The Morgan fingerprint density at radius 2 is 0.891 bits per heavy atom. The number of Topliss-reactive ketones (excluding diaryl/α,β-unsaturated/α-hetero) is 2. The lowest BCUT2D eigenvalue weighted by molar-refractivity contribution is -0.192. The van der Waals surface area contributed by atoms with Crippen LogP contribution < -0.4 is 0 Å². The summed E-state index contributed by atoms with van der Waals surface area (Å²) in [6.07, 6.45) is -5.41. The van der Waals surface area contributed by atoms with Gasteiger partial charge in [0.1, 0.15) is 17.0 Å². The van der Waals surface area contributed by atoms with Crippen LogP contribution in [0.5, 0.6) is 0 Å². The van der Waals surface area contributed by atoms with Crippen LogP contribution in [-0.4, -0.2) is 137 Å². The summed E-state index contributed by atoms with van der Waals surface area (Å²) in [6.45, 7) is 31.1. The van der Waals surface area contributed by atoms with Crippen LogP contribution in [0.3, 0.4) is 0 Å². The van der Waals surface area contributed by atoms with Gasteiger partial charge in [0.25, 0.3) is 0 Å². The Hall–Kier alpha value is -5.02. The predicted octanol–water partition coefficient (Wildman–Crippen LogP) is 4.71. The minimum absolute atomic E-state index is 0.175. The first kappa shape index (κ1) is 65.6. The van der Waals surface area contributed by atoms with E-state index in [2.05, 4.69) is 0 Å². The van der Waals surface area contributed by atoms with Crippen LogP contribution in [0, 0.1) is 5.92 Å². The van der Waals surface area contributed by atoms with Crippen LogP contribution in [0.25, 0.3) is 0 Å². The Morgan fingerprint density at radius 3 is 1.19 bits per heavy atom.